The highest BCUT2D eigenvalue weighted by Gasteiger charge is 2.18. The first-order chi connectivity index (χ1) is 10.1. The average molecular weight is 305 g/mol. The molecule has 21 heavy (non-hydrogen) atoms. The summed E-state index contributed by atoms with van der Waals surface area (Å²) in [5.41, 5.74) is 0. The molecule has 0 amide bonds. The molecule has 1 atom stereocenters. The number of hydrogen-bond donors (Lipinski definition) is 1. The van der Waals surface area contributed by atoms with E-state index in [1.165, 1.54) is 11.3 Å². The van der Waals surface area contributed by atoms with Crippen LogP contribution in [0.1, 0.15) is 22.7 Å². The van der Waals surface area contributed by atoms with Crippen molar-refractivity contribution in [2.45, 2.75) is 12.6 Å². The zero-order valence-electron chi connectivity index (χ0n) is 11.7. The Kier molecular flexibility index (Phi) is 3.72. The molecular formula is C13H15N5O2S. The fourth-order valence-corrected chi connectivity index (χ4v) is 2.62. The van der Waals surface area contributed by atoms with Crippen molar-refractivity contribution in [3.05, 3.63) is 46.5 Å². The Bertz CT molecular complexity index is 704. The van der Waals surface area contributed by atoms with Crippen LogP contribution in [0.25, 0.3) is 0 Å². The minimum Gasteiger partial charge on any atom is -0.380 e. The zero-order valence-corrected chi connectivity index (χ0v) is 12.5. The second kappa shape index (κ2) is 5.66. The lowest BCUT2D eigenvalue weighted by Gasteiger charge is -2.10. The van der Waals surface area contributed by atoms with Crippen LogP contribution < -0.4 is 4.90 Å². The largest absolute Gasteiger partial charge is 0.380 e. The van der Waals surface area contributed by atoms with E-state index < -0.39 is 6.10 Å². The maximum atomic E-state index is 10.4. The van der Waals surface area contributed by atoms with Gasteiger partial charge in [0.2, 0.25) is 5.89 Å². The number of aliphatic hydroxyl groups is 1. The van der Waals surface area contributed by atoms with Gasteiger partial charge in [-0.3, -0.25) is 0 Å². The van der Waals surface area contributed by atoms with E-state index in [-0.39, 0.29) is 0 Å². The van der Waals surface area contributed by atoms with E-state index >= 15 is 0 Å². The summed E-state index contributed by atoms with van der Waals surface area (Å²) in [4.78, 5) is 11.1. The molecule has 8 heteroatoms. The number of aliphatic hydroxyl groups excluding tert-OH is 1. The van der Waals surface area contributed by atoms with E-state index in [4.69, 9.17) is 4.52 Å². The SMILES string of the molecule is CN(C)c1noc(Cn2ccnc2[C@H](O)c2cccs2)n1. The molecule has 0 saturated heterocycles. The van der Waals surface area contributed by atoms with Gasteiger partial charge in [0.1, 0.15) is 18.5 Å². The maximum absolute atomic E-state index is 10.4. The van der Waals surface area contributed by atoms with Gasteiger partial charge in [0.05, 0.1) is 0 Å². The fourth-order valence-electron chi connectivity index (χ4n) is 1.91. The first-order valence-electron chi connectivity index (χ1n) is 6.37. The van der Waals surface area contributed by atoms with Crippen molar-refractivity contribution >= 4 is 17.3 Å². The molecule has 0 fully saturated rings. The van der Waals surface area contributed by atoms with Gasteiger partial charge >= 0.3 is 0 Å². The van der Waals surface area contributed by atoms with E-state index in [0.717, 1.165) is 4.88 Å². The summed E-state index contributed by atoms with van der Waals surface area (Å²) in [5, 5.41) is 16.2. The van der Waals surface area contributed by atoms with Crippen molar-refractivity contribution in [3.63, 3.8) is 0 Å². The number of hydrogen-bond acceptors (Lipinski definition) is 7. The molecule has 3 aromatic heterocycles. The molecule has 0 bridgehead atoms. The number of anilines is 1. The summed E-state index contributed by atoms with van der Waals surface area (Å²) < 4.78 is 7.00. The standard InChI is InChI=1S/C13H15N5O2S/c1-17(2)13-15-10(20-16-13)8-18-6-5-14-12(18)11(19)9-4-3-7-21-9/h3-7,11,19H,8H2,1-2H3/t11-/m1/s1. The second-order valence-corrected chi connectivity index (χ2v) is 5.69. The molecular weight excluding hydrogens is 290 g/mol. The molecule has 0 aliphatic heterocycles. The van der Waals surface area contributed by atoms with Crippen molar-refractivity contribution in [2.75, 3.05) is 19.0 Å². The summed E-state index contributed by atoms with van der Waals surface area (Å²) in [7, 11) is 3.69. The van der Waals surface area contributed by atoms with E-state index in [0.29, 0.717) is 24.2 Å². The quantitative estimate of drug-likeness (QED) is 0.770. The molecule has 7 nitrogen and oxygen atoms in total. The van der Waals surface area contributed by atoms with Gasteiger partial charge in [-0.25, -0.2) is 4.98 Å². The first-order valence-corrected chi connectivity index (χ1v) is 7.25. The Hall–Kier alpha value is -2.19. The molecule has 0 saturated carbocycles. The Balaban J connectivity index is 1.82. The Morgan fingerprint density at radius 3 is 3.00 bits per heavy atom. The smallest absolute Gasteiger partial charge is 0.265 e. The lowest BCUT2D eigenvalue weighted by atomic mass is 10.3. The van der Waals surface area contributed by atoms with Crippen LogP contribution in [0.15, 0.2) is 34.4 Å². The summed E-state index contributed by atoms with van der Waals surface area (Å²) in [6.45, 7) is 0.374. The molecule has 0 aliphatic rings. The molecule has 0 unspecified atom stereocenters. The molecule has 0 spiro atoms. The van der Waals surface area contributed by atoms with Gasteiger partial charge in [-0.2, -0.15) is 4.98 Å². The maximum Gasteiger partial charge on any atom is 0.265 e. The summed E-state index contributed by atoms with van der Waals surface area (Å²) in [6, 6.07) is 3.78. The summed E-state index contributed by atoms with van der Waals surface area (Å²) in [6.07, 6.45) is 2.68. The van der Waals surface area contributed by atoms with Crippen molar-refractivity contribution < 1.29 is 9.63 Å². The van der Waals surface area contributed by atoms with Crippen LogP contribution in [0.2, 0.25) is 0 Å². The Morgan fingerprint density at radius 1 is 1.48 bits per heavy atom. The van der Waals surface area contributed by atoms with Crippen LogP contribution in [0, 0.1) is 0 Å². The number of thiophene rings is 1. The van der Waals surface area contributed by atoms with Crippen molar-refractivity contribution in [1.82, 2.24) is 19.7 Å². The van der Waals surface area contributed by atoms with Gasteiger partial charge in [-0.15, -0.1) is 11.3 Å². The van der Waals surface area contributed by atoms with Gasteiger partial charge < -0.3 is 19.1 Å². The van der Waals surface area contributed by atoms with Gasteiger partial charge in [-0.1, -0.05) is 6.07 Å². The van der Waals surface area contributed by atoms with E-state index in [2.05, 4.69) is 15.1 Å². The third-order valence-corrected chi connectivity index (χ3v) is 3.89. The highest BCUT2D eigenvalue weighted by molar-refractivity contribution is 7.10. The zero-order chi connectivity index (χ0) is 14.8. The fraction of sp³-hybridized carbons (Fsp3) is 0.308. The molecule has 3 rings (SSSR count). The Labute approximate surface area is 125 Å². The number of aromatic nitrogens is 4. The third-order valence-electron chi connectivity index (χ3n) is 2.97. The lowest BCUT2D eigenvalue weighted by molar-refractivity contribution is 0.208. The van der Waals surface area contributed by atoms with Crippen molar-refractivity contribution in [1.29, 1.82) is 0 Å². The second-order valence-electron chi connectivity index (χ2n) is 4.71. The van der Waals surface area contributed by atoms with Crippen molar-refractivity contribution in [3.8, 4) is 0 Å². The molecule has 0 aromatic carbocycles. The van der Waals surface area contributed by atoms with Crippen LogP contribution in [-0.2, 0) is 6.54 Å². The van der Waals surface area contributed by atoms with E-state index in [9.17, 15) is 5.11 Å². The van der Waals surface area contributed by atoms with Crippen LogP contribution in [-0.4, -0.2) is 38.9 Å². The molecule has 0 radical (unpaired) electrons. The third kappa shape index (κ3) is 2.81. The monoisotopic (exact) mass is 305 g/mol. The van der Waals surface area contributed by atoms with Gasteiger partial charge in [0.15, 0.2) is 0 Å². The van der Waals surface area contributed by atoms with Crippen LogP contribution in [0.3, 0.4) is 0 Å². The summed E-state index contributed by atoms with van der Waals surface area (Å²) >= 11 is 1.49. The number of rotatable bonds is 5. The van der Waals surface area contributed by atoms with Gasteiger partial charge in [0, 0.05) is 31.4 Å². The molecule has 3 heterocycles. The number of nitrogens with zero attached hydrogens (tertiary/aromatic N) is 5. The minimum atomic E-state index is -0.753. The highest BCUT2D eigenvalue weighted by Crippen LogP contribution is 2.25. The molecule has 0 aliphatic carbocycles. The molecule has 110 valence electrons. The molecule has 3 aromatic rings. The first kappa shape index (κ1) is 13.8. The normalized spacial score (nSPS) is 12.5. The predicted molar refractivity (Wildman–Crippen MR) is 78.3 cm³/mol. The average Bonchev–Trinajstić information content (AvgIpc) is 3.20. The summed E-state index contributed by atoms with van der Waals surface area (Å²) in [5.74, 6) is 1.55. The van der Waals surface area contributed by atoms with Gasteiger partial charge in [-0.05, 0) is 16.6 Å². The minimum absolute atomic E-state index is 0.374. The van der Waals surface area contributed by atoms with Crippen LogP contribution in [0.4, 0.5) is 5.95 Å². The van der Waals surface area contributed by atoms with Gasteiger partial charge in [0.25, 0.3) is 5.95 Å². The molecule has 1 N–H and O–H groups in total. The van der Waals surface area contributed by atoms with E-state index in [1.54, 1.807) is 21.9 Å². The van der Waals surface area contributed by atoms with Crippen molar-refractivity contribution in [2.24, 2.45) is 0 Å². The Morgan fingerprint density at radius 2 is 2.33 bits per heavy atom. The van der Waals surface area contributed by atoms with E-state index in [1.807, 2.05) is 31.6 Å². The topological polar surface area (TPSA) is 80.2 Å². The van der Waals surface area contributed by atoms with Crippen LogP contribution >= 0.6 is 11.3 Å². The van der Waals surface area contributed by atoms with Crippen LogP contribution in [0.5, 0.6) is 0 Å². The predicted octanol–water partition coefficient (Wildman–Crippen LogP) is 1.52. The number of imidazole rings is 1. The highest BCUT2D eigenvalue weighted by atomic mass is 32.1. The lowest BCUT2D eigenvalue weighted by Crippen LogP contribution is -2.11.